The molecule has 0 aliphatic carbocycles. The van der Waals surface area contributed by atoms with Gasteiger partial charge < -0.3 is 21.1 Å². The molecule has 2 amide bonds. The van der Waals surface area contributed by atoms with Crippen LogP contribution in [0.2, 0.25) is 0 Å². The molecule has 0 fully saturated rings. The molecule has 7 nitrogen and oxygen atoms in total. The molecule has 0 heterocycles. The summed E-state index contributed by atoms with van der Waals surface area (Å²) in [5.74, 6) is -1.45. The third-order valence-electron chi connectivity index (χ3n) is 5.28. The fourth-order valence-corrected chi connectivity index (χ4v) is 3.73. The van der Waals surface area contributed by atoms with Crippen LogP contribution < -0.4 is 16.4 Å². The van der Waals surface area contributed by atoms with Gasteiger partial charge in [-0.3, -0.25) is 9.59 Å². The van der Waals surface area contributed by atoms with Crippen molar-refractivity contribution in [1.82, 2.24) is 10.6 Å². The Morgan fingerprint density at radius 1 is 0.970 bits per heavy atom. The second kappa shape index (κ2) is 12.7. The molecule has 2 atom stereocenters. The number of nitrogens with two attached hydrogens (primary N) is 1. The van der Waals surface area contributed by atoms with Crippen LogP contribution in [-0.2, 0) is 32.0 Å². The number of methoxy groups -OCH3 is 1. The summed E-state index contributed by atoms with van der Waals surface area (Å²) in [5.41, 5.74) is 6.79. The van der Waals surface area contributed by atoms with Crippen molar-refractivity contribution in [3.63, 3.8) is 0 Å². The van der Waals surface area contributed by atoms with Gasteiger partial charge in [-0.15, -0.1) is 0 Å². The summed E-state index contributed by atoms with van der Waals surface area (Å²) in [7, 11) is 1.27. The quantitative estimate of drug-likeness (QED) is 0.338. The molecule has 2 aromatic rings. The van der Waals surface area contributed by atoms with Crippen LogP contribution in [0.4, 0.5) is 0 Å². The Kier molecular flexibility index (Phi) is 10.1. The Morgan fingerprint density at radius 2 is 1.55 bits per heavy atom. The minimum atomic E-state index is -1.64. The lowest BCUT2D eigenvalue weighted by Crippen LogP contribution is -2.67. The SMILES string of the molecule is COC(=O)C(Cc1ccccc1)NC(=O)C(N)(CC(C)C)NC(=O)CCCc1ccccc1. The predicted octanol–water partition coefficient (Wildman–Crippen LogP) is 2.73. The van der Waals surface area contributed by atoms with Gasteiger partial charge in [-0.25, -0.2) is 4.79 Å². The highest BCUT2D eigenvalue weighted by Crippen LogP contribution is 2.15. The fraction of sp³-hybridized carbons (Fsp3) is 0.423. The number of rotatable bonds is 12. The second-order valence-electron chi connectivity index (χ2n) is 8.70. The molecule has 0 saturated heterocycles. The molecule has 0 aromatic heterocycles. The Labute approximate surface area is 196 Å². The third kappa shape index (κ3) is 8.69. The maximum Gasteiger partial charge on any atom is 0.328 e. The zero-order valence-electron chi connectivity index (χ0n) is 19.7. The summed E-state index contributed by atoms with van der Waals surface area (Å²) in [6, 6.07) is 18.3. The van der Waals surface area contributed by atoms with Crippen molar-refractivity contribution >= 4 is 17.8 Å². The van der Waals surface area contributed by atoms with E-state index in [0.717, 1.165) is 17.5 Å². The van der Waals surface area contributed by atoms with Gasteiger partial charge in [0.25, 0.3) is 5.91 Å². The normalized spacial score (nSPS) is 13.6. The van der Waals surface area contributed by atoms with Gasteiger partial charge in [-0.1, -0.05) is 74.5 Å². The number of benzene rings is 2. The highest BCUT2D eigenvalue weighted by atomic mass is 16.5. The average molecular weight is 454 g/mol. The van der Waals surface area contributed by atoms with E-state index in [0.29, 0.717) is 6.42 Å². The molecule has 4 N–H and O–H groups in total. The molecule has 2 unspecified atom stereocenters. The predicted molar refractivity (Wildman–Crippen MR) is 128 cm³/mol. The molecule has 0 aliphatic heterocycles. The van der Waals surface area contributed by atoms with Gasteiger partial charge in [0.2, 0.25) is 5.91 Å². The molecular weight excluding hydrogens is 418 g/mol. The van der Waals surface area contributed by atoms with Crippen LogP contribution in [0.3, 0.4) is 0 Å². The van der Waals surface area contributed by atoms with Crippen LogP contribution in [0.5, 0.6) is 0 Å². The summed E-state index contributed by atoms with van der Waals surface area (Å²) < 4.78 is 4.87. The van der Waals surface area contributed by atoms with E-state index in [1.807, 2.05) is 74.5 Å². The molecule has 33 heavy (non-hydrogen) atoms. The fourth-order valence-electron chi connectivity index (χ4n) is 3.73. The number of nitrogens with one attached hydrogen (secondary N) is 2. The van der Waals surface area contributed by atoms with Gasteiger partial charge in [-0.05, 0) is 36.3 Å². The van der Waals surface area contributed by atoms with Crippen molar-refractivity contribution < 1.29 is 19.1 Å². The van der Waals surface area contributed by atoms with Gasteiger partial charge in [0, 0.05) is 12.8 Å². The standard InChI is InChI=1S/C26H35N3O4/c1-19(2)18-26(27,29-23(30)16-10-15-20-11-6-4-7-12-20)25(32)28-22(24(31)33-3)17-21-13-8-5-9-14-21/h4-9,11-14,19,22H,10,15-18,27H2,1-3H3,(H,28,32)(H,29,30). The van der Waals surface area contributed by atoms with Crippen LogP contribution in [-0.4, -0.2) is 36.6 Å². The number of hydrogen-bond acceptors (Lipinski definition) is 5. The lowest BCUT2D eigenvalue weighted by molar-refractivity contribution is -0.146. The first-order valence-electron chi connectivity index (χ1n) is 11.3. The van der Waals surface area contributed by atoms with E-state index in [1.54, 1.807) is 0 Å². The number of ether oxygens (including phenoxy) is 1. The zero-order chi connectivity index (χ0) is 24.3. The van der Waals surface area contributed by atoms with E-state index < -0.39 is 23.6 Å². The van der Waals surface area contributed by atoms with E-state index in [4.69, 9.17) is 10.5 Å². The van der Waals surface area contributed by atoms with Crippen molar-refractivity contribution in [3.05, 3.63) is 71.8 Å². The van der Waals surface area contributed by atoms with Crippen molar-refractivity contribution in [2.24, 2.45) is 11.7 Å². The van der Waals surface area contributed by atoms with Crippen LogP contribution in [0.1, 0.15) is 44.2 Å². The first-order valence-corrected chi connectivity index (χ1v) is 11.3. The Morgan fingerprint density at radius 3 is 2.09 bits per heavy atom. The van der Waals surface area contributed by atoms with E-state index in [1.165, 1.54) is 7.11 Å². The molecule has 2 aromatic carbocycles. The monoisotopic (exact) mass is 453 g/mol. The summed E-state index contributed by atoms with van der Waals surface area (Å²) in [6.45, 7) is 3.83. The van der Waals surface area contributed by atoms with E-state index >= 15 is 0 Å². The van der Waals surface area contributed by atoms with Gasteiger partial charge >= 0.3 is 5.97 Å². The van der Waals surface area contributed by atoms with Crippen LogP contribution in [0.15, 0.2) is 60.7 Å². The number of carbonyl (C=O) groups is 3. The van der Waals surface area contributed by atoms with E-state index in [-0.39, 0.29) is 31.1 Å². The second-order valence-corrected chi connectivity index (χ2v) is 8.70. The Hall–Kier alpha value is -3.19. The van der Waals surface area contributed by atoms with Crippen LogP contribution in [0.25, 0.3) is 0 Å². The maximum absolute atomic E-state index is 13.2. The van der Waals surface area contributed by atoms with Crippen molar-refractivity contribution in [2.45, 2.75) is 57.7 Å². The minimum absolute atomic E-state index is 0.0380. The molecule has 0 radical (unpaired) electrons. The smallest absolute Gasteiger partial charge is 0.328 e. The molecule has 0 aliphatic rings. The van der Waals surface area contributed by atoms with Crippen LogP contribution in [0, 0.1) is 5.92 Å². The lowest BCUT2D eigenvalue weighted by atomic mass is 9.95. The van der Waals surface area contributed by atoms with E-state index in [9.17, 15) is 14.4 Å². The first kappa shape index (κ1) is 26.1. The highest BCUT2D eigenvalue weighted by Gasteiger charge is 2.38. The molecular formula is C26H35N3O4. The first-order chi connectivity index (χ1) is 15.7. The van der Waals surface area contributed by atoms with Crippen molar-refractivity contribution in [2.75, 3.05) is 7.11 Å². The average Bonchev–Trinajstić information content (AvgIpc) is 2.78. The molecule has 2 rings (SSSR count). The summed E-state index contributed by atoms with van der Waals surface area (Å²) in [6.07, 6.45) is 2.10. The Bertz CT molecular complexity index is 902. The summed E-state index contributed by atoms with van der Waals surface area (Å²) >= 11 is 0. The van der Waals surface area contributed by atoms with Gasteiger partial charge in [0.15, 0.2) is 5.66 Å². The van der Waals surface area contributed by atoms with Gasteiger partial charge in [0.1, 0.15) is 6.04 Å². The Balaban J connectivity index is 2.05. The number of carbonyl (C=O) groups excluding carboxylic acids is 3. The molecule has 7 heteroatoms. The summed E-state index contributed by atoms with van der Waals surface area (Å²) in [4.78, 5) is 38.2. The number of esters is 1. The van der Waals surface area contributed by atoms with Gasteiger partial charge in [0.05, 0.1) is 7.11 Å². The number of aryl methyl sites for hydroxylation is 1. The topological polar surface area (TPSA) is 111 Å². The molecule has 0 spiro atoms. The molecule has 0 saturated carbocycles. The lowest BCUT2D eigenvalue weighted by Gasteiger charge is -2.32. The number of amides is 2. The molecule has 178 valence electrons. The summed E-state index contributed by atoms with van der Waals surface area (Å²) in [5, 5.41) is 5.41. The highest BCUT2D eigenvalue weighted by molar-refractivity contribution is 5.93. The van der Waals surface area contributed by atoms with E-state index in [2.05, 4.69) is 10.6 Å². The van der Waals surface area contributed by atoms with Crippen molar-refractivity contribution in [1.29, 1.82) is 0 Å². The number of hydrogen-bond donors (Lipinski definition) is 3. The zero-order valence-corrected chi connectivity index (χ0v) is 19.7. The van der Waals surface area contributed by atoms with Crippen molar-refractivity contribution in [3.8, 4) is 0 Å². The van der Waals surface area contributed by atoms with Gasteiger partial charge in [-0.2, -0.15) is 0 Å². The molecule has 0 bridgehead atoms. The third-order valence-corrected chi connectivity index (χ3v) is 5.28. The maximum atomic E-state index is 13.2. The minimum Gasteiger partial charge on any atom is -0.467 e. The largest absolute Gasteiger partial charge is 0.467 e. The van der Waals surface area contributed by atoms with Crippen LogP contribution >= 0.6 is 0 Å².